The van der Waals surface area contributed by atoms with Crippen LogP contribution in [0.2, 0.25) is 5.02 Å². The molecule has 24 heavy (non-hydrogen) atoms. The molecule has 0 N–H and O–H groups in total. The van der Waals surface area contributed by atoms with E-state index in [2.05, 4.69) is 6.07 Å². The second-order valence-electron chi connectivity index (χ2n) is 5.72. The first kappa shape index (κ1) is 15.0. The number of aromatic nitrogens is 1. The van der Waals surface area contributed by atoms with Gasteiger partial charge in [-0.25, -0.2) is 4.98 Å². The summed E-state index contributed by atoms with van der Waals surface area (Å²) in [5.41, 5.74) is 2.46. The summed E-state index contributed by atoms with van der Waals surface area (Å²) in [6, 6.07) is 14.9. The summed E-state index contributed by atoms with van der Waals surface area (Å²) in [7, 11) is 1.63. The predicted molar refractivity (Wildman–Crippen MR) is 95.1 cm³/mol. The Morgan fingerprint density at radius 1 is 1.21 bits per heavy atom. The highest BCUT2D eigenvalue weighted by Gasteiger charge is 2.28. The van der Waals surface area contributed by atoms with E-state index in [9.17, 15) is 4.79 Å². The second kappa shape index (κ2) is 5.80. The number of methoxy groups -OCH3 is 1. The normalized spacial score (nSPS) is 13.2. The molecule has 0 fully saturated rings. The van der Waals surface area contributed by atoms with Crippen LogP contribution >= 0.6 is 11.6 Å². The number of rotatable bonds is 2. The lowest BCUT2D eigenvalue weighted by atomic mass is 10.1. The van der Waals surface area contributed by atoms with Crippen LogP contribution in [0.3, 0.4) is 0 Å². The van der Waals surface area contributed by atoms with Crippen molar-refractivity contribution in [1.29, 1.82) is 0 Å². The van der Waals surface area contributed by atoms with Gasteiger partial charge in [-0.15, -0.1) is 0 Å². The molecule has 0 atom stereocenters. The molecule has 120 valence electrons. The minimum absolute atomic E-state index is 0.0628. The molecule has 2 aromatic carbocycles. The summed E-state index contributed by atoms with van der Waals surface area (Å²) in [5.74, 6) is 1.36. The van der Waals surface area contributed by atoms with Gasteiger partial charge >= 0.3 is 0 Å². The summed E-state index contributed by atoms with van der Waals surface area (Å²) < 4.78 is 5.40. The molecule has 1 aliphatic rings. The first-order valence-electron chi connectivity index (χ1n) is 7.71. The number of carbonyl (C=O) groups is 1. The van der Waals surface area contributed by atoms with Gasteiger partial charge in [0.25, 0.3) is 5.91 Å². The van der Waals surface area contributed by atoms with E-state index in [4.69, 9.17) is 21.3 Å². The largest absolute Gasteiger partial charge is 0.494 e. The van der Waals surface area contributed by atoms with E-state index in [0.29, 0.717) is 28.7 Å². The molecule has 5 heteroatoms. The monoisotopic (exact) mass is 338 g/mol. The molecular weight excluding hydrogens is 324 g/mol. The fourth-order valence-electron chi connectivity index (χ4n) is 3.07. The fourth-order valence-corrected chi connectivity index (χ4v) is 3.20. The number of hydrogen-bond acceptors (Lipinski definition) is 3. The summed E-state index contributed by atoms with van der Waals surface area (Å²) in [6.45, 7) is 0.627. The molecule has 4 rings (SSSR count). The summed E-state index contributed by atoms with van der Waals surface area (Å²) in [4.78, 5) is 19.3. The van der Waals surface area contributed by atoms with Crippen LogP contribution in [0, 0.1) is 0 Å². The molecule has 1 amide bonds. The van der Waals surface area contributed by atoms with Gasteiger partial charge in [0.1, 0.15) is 17.1 Å². The van der Waals surface area contributed by atoms with Crippen LogP contribution in [-0.2, 0) is 6.42 Å². The van der Waals surface area contributed by atoms with Crippen LogP contribution in [0.5, 0.6) is 5.75 Å². The number of pyridine rings is 1. The number of benzene rings is 2. The summed E-state index contributed by atoms with van der Waals surface area (Å²) >= 11 is 5.90. The Bertz CT molecular complexity index is 938. The Hall–Kier alpha value is -2.59. The number of amides is 1. The molecule has 0 aliphatic carbocycles. The maximum Gasteiger partial charge on any atom is 0.259 e. The van der Waals surface area contributed by atoms with Crippen LogP contribution in [0.15, 0.2) is 48.5 Å². The van der Waals surface area contributed by atoms with Gasteiger partial charge < -0.3 is 4.74 Å². The predicted octanol–water partition coefficient (Wildman–Crippen LogP) is 4.10. The molecule has 2 heterocycles. The molecule has 0 bridgehead atoms. The molecule has 3 aromatic rings. The zero-order valence-corrected chi connectivity index (χ0v) is 13.9. The zero-order valence-electron chi connectivity index (χ0n) is 13.1. The number of halogens is 1. The lowest BCUT2D eigenvalue weighted by Crippen LogP contribution is -2.29. The fraction of sp³-hybridized carbons (Fsp3) is 0.158. The SMILES string of the molecule is COc1cccc2cc3c(nc12)N(C(=O)c1ccc(Cl)cc1)CC3. The molecule has 0 spiro atoms. The van der Waals surface area contributed by atoms with E-state index in [1.807, 2.05) is 18.2 Å². The number of para-hydroxylation sites is 1. The van der Waals surface area contributed by atoms with Crippen molar-refractivity contribution >= 4 is 34.2 Å². The first-order chi connectivity index (χ1) is 11.7. The number of nitrogens with zero attached hydrogens (tertiary/aromatic N) is 2. The molecule has 1 aromatic heterocycles. The van der Waals surface area contributed by atoms with Crippen LogP contribution in [0.1, 0.15) is 15.9 Å². The highest BCUT2D eigenvalue weighted by Crippen LogP contribution is 2.33. The van der Waals surface area contributed by atoms with Crippen molar-refractivity contribution in [2.75, 3.05) is 18.6 Å². The van der Waals surface area contributed by atoms with Gasteiger partial charge in [-0.2, -0.15) is 0 Å². The minimum Gasteiger partial charge on any atom is -0.494 e. The Morgan fingerprint density at radius 2 is 2.00 bits per heavy atom. The van der Waals surface area contributed by atoms with Crippen molar-refractivity contribution in [1.82, 2.24) is 4.98 Å². The number of fused-ring (bicyclic) bond motifs is 2. The maximum atomic E-state index is 12.8. The minimum atomic E-state index is -0.0628. The maximum absolute atomic E-state index is 12.8. The molecule has 1 aliphatic heterocycles. The molecular formula is C19H15ClN2O2. The van der Waals surface area contributed by atoms with E-state index >= 15 is 0 Å². The van der Waals surface area contributed by atoms with E-state index in [0.717, 1.165) is 22.9 Å². The second-order valence-corrected chi connectivity index (χ2v) is 6.15. The van der Waals surface area contributed by atoms with E-state index < -0.39 is 0 Å². The Morgan fingerprint density at radius 3 is 2.75 bits per heavy atom. The van der Waals surface area contributed by atoms with Crippen LogP contribution < -0.4 is 9.64 Å². The quantitative estimate of drug-likeness (QED) is 0.706. The van der Waals surface area contributed by atoms with Crippen LogP contribution in [-0.4, -0.2) is 24.5 Å². The van der Waals surface area contributed by atoms with Crippen molar-refractivity contribution in [3.8, 4) is 5.75 Å². The Kier molecular flexibility index (Phi) is 3.62. The lowest BCUT2D eigenvalue weighted by Gasteiger charge is -2.17. The molecule has 0 radical (unpaired) electrons. The third-order valence-corrected chi connectivity index (χ3v) is 4.53. The highest BCUT2D eigenvalue weighted by molar-refractivity contribution is 6.30. The van der Waals surface area contributed by atoms with Gasteiger partial charge in [0.2, 0.25) is 0 Å². The van der Waals surface area contributed by atoms with Crippen molar-refractivity contribution in [2.45, 2.75) is 6.42 Å². The lowest BCUT2D eigenvalue weighted by molar-refractivity contribution is 0.0989. The smallest absolute Gasteiger partial charge is 0.259 e. The average Bonchev–Trinajstić information content (AvgIpc) is 3.02. The summed E-state index contributed by atoms with van der Waals surface area (Å²) in [5, 5.41) is 1.64. The summed E-state index contributed by atoms with van der Waals surface area (Å²) in [6.07, 6.45) is 0.800. The molecule has 0 saturated heterocycles. The molecule has 0 unspecified atom stereocenters. The van der Waals surface area contributed by atoms with E-state index in [-0.39, 0.29) is 5.91 Å². The number of ether oxygens (including phenoxy) is 1. The van der Waals surface area contributed by atoms with E-state index in [1.54, 1.807) is 36.3 Å². The molecule has 0 saturated carbocycles. The van der Waals surface area contributed by atoms with Crippen molar-refractivity contribution < 1.29 is 9.53 Å². The Balaban J connectivity index is 1.79. The standard InChI is InChI=1S/C19H15ClN2O2/c1-24-16-4-2-3-13-11-14-9-10-22(18(14)21-17(13)16)19(23)12-5-7-15(20)8-6-12/h2-8,11H,9-10H2,1H3. The topological polar surface area (TPSA) is 42.4 Å². The third kappa shape index (κ3) is 2.39. The number of anilines is 1. The van der Waals surface area contributed by atoms with Crippen molar-refractivity contribution in [2.24, 2.45) is 0 Å². The number of hydrogen-bond donors (Lipinski definition) is 0. The zero-order chi connectivity index (χ0) is 16.7. The van der Waals surface area contributed by atoms with Gasteiger partial charge in [-0.3, -0.25) is 9.69 Å². The van der Waals surface area contributed by atoms with Crippen molar-refractivity contribution in [3.63, 3.8) is 0 Å². The third-order valence-electron chi connectivity index (χ3n) is 4.28. The van der Waals surface area contributed by atoms with Gasteiger partial charge in [0, 0.05) is 22.5 Å². The highest BCUT2D eigenvalue weighted by atomic mass is 35.5. The van der Waals surface area contributed by atoms with Crippen LogP contribution in [0.25, 0.3) is 10.9 Å². The van der Waals surface area contributed by atoms with E-state index in [1.165, 1.54) is 0 Å². The average molecular weight is 339 g/mol. The van der Waals surface area contributed by atoms with Gasteiger partial charge in [0.05, 0.1) is 7.11 Å². The number of carbonyl (C=O) groups excluding carboxylic acids is 1. The van der Waals surface area contributed by atoms with Crippen molar-refractivity contribution in [3.05, 3.63) is 64.7 Å². The molecule has 4 nitrogen and oxygen atoms in total. The van der Waals surface area contributed by atoms with Gasteiger partial charge in [-0.1, -0.05) is 23.7 Å². The van der Waals surface area contributed by atoms with Gasteiger partial charge in [0.15, 0.2) is 0 Å². The van der Waals surface area contributed by atoms with Crippen LogP contribution in [0.4, 0.5) is 5.82 Å². The first-order valence-corrected chi connectivity index (χ1v) is 8.09. The van der Waals surface area contributed by atoms with Gasteiger partial charge in [-0.05, 0) is 48.4 Å². The Labute approximate surface area is 144 Å².